The van der Waals surface area contributed by atoms with E-state index in [2.05, 4.69) is 25.9 Å². The molecule has 0 aliphatic heterocycles. The molecule has 0 unspecified atom stereocenters. The topological polar surface area (TPSA) is 89.7 Å². The van der Waals surface area contributed by atoms with Gasteiger partial charge in [0.15, 0.2) is 11.6 Å². The quantitative estimate of drug-likeness (QED) is 0.382. The molecule has 0 saturated carbocycles. The molecule has 170 valence electrons. The van der Waals surface area contributed by atoms with Gasteiger partial charge >= 0.3 is 0 Å². The Morgan fingerprint density at radius 2 is 1.65 bits per heavy atom. The van der Waals surface area contributed by atoms with Crippen LogP contribution in [0.25, 0.3) is 16.7 Å². The van der Waals surface area contributed by atoms with E-state index in [1.54, 1.807) is 4.68 Å². The molecule has 0 bridgehead atoms. The molecule has 0 atom stereocenters. The molecule has 0 spiro atoms. The average Bonchev–Trinajstić information content (AvgIpc) is 3.37. The van der Waals surface area contributed by atoms with Crippen LogP contribution in [-0.4, -0.2) is 30.5 Å². The van der Waals surface area contributed by atoms with Crippen LogP contribution < -0.4 is 10.6 Å². The van der Waals surface area contributed by atoms with E-state index in [4.69, 9.17) is 0 Å². The fraction of sp³-hybridized carbons (Fsp3) is 0.154. The van der Waals surface area contributed by atoms with Crippen molar-refractivity contribution in [2.24, 2.45) is 0 Å². The van der Waals surface area contributed by atoms with Gasteiger partial charge in [-0.15, -0.1) is 10.2 Å². The summed E-state index contributed by atoms with van der Waals surface area (Å²) in [5, 5.41) is 20.4. The van der Waals surface area contributed by atoms with Gasteiger partial charge < -0.3 is 15.2 Å². The molecule has 0 fully saturated rings. The number of amides is 1. The Morgan fingerprint density at radius 1 is 0.882 bits per heavy atom. The predicted molar refractivity (Wildman–Crippen MR) is 134 cm³/mol. The van der Waals surface area contributed by atoms with Crippen molar-refractivity contribution >= 4 is 34.0 Å². The van der Waals surface area contributed by atoms with E-state index in [1.807, 2.05) is 98.3 Å². The second-order valence-electron chi connectivity index (χ2n) is 8.24. The van der Waals surface area contributed by atoms with Crippen LogP contribution in [0.15, 0.2) is 72.9 Å². The van der Waals surface area contributed by atoms with E-state index in [9.17, 15) is 4.79 Å². The second kappa shape index (κ2) is 8.82. The molecule has 8 nitrogen and oxygen atoms in total. The molecule has 8 heteroatoms. The van der Waals surface area contributed by atoms with E-state index in [0.717, 1.165) is 39.2 Å². The summed E-state index contributed by atoms with van der Waals surface area (Å²) in [6, 6.07) is 21.3. The monoisotopic (exact) mass is 451 g/mol. The Morgan fingerprint density at radius 3 is 2.35 bits per heavy atom. The molecule has 0 aliphatic carbocycles. The van der Waals surface area contributed by atoms with Gasteiger partial charge in [0.1, 0.15) is 6.54 Å². The summed E-state index contributed by atoms with van der Waals surface area (Å²) in [4.78, 5) is 12.5. The number of anilines is 3. The maximum absolute atomic E-state index is 12.5. The van der Waals surface area contributed by atoms with Crippen LogP contribution in [0.2, 0.25) is 0 Å². The maximum Gasteiger partial charge on any atom is 0.244 e. The summed E-state index contributed by atoms with van der Waals surface area (Å²) in [5.41, 5.74) is 5.80. The van der Waals surface area contributed by atoms with Gasteiger partial charge in [0.05, 0.1) is 5.69 Å². The third-order valence-corrected chi connectivity index (χ3v) is 5.96. The van der Waals surface area contributed by atoms with Gasteiger partial charge in [0.2, 0.25) is 5.91 Å². The van der Waals surface area contributed by atoms with E-state index in [0.29, 0.717) is 11.6 Å². The van der Waals surface area contributed by atoms with Crippen LogP contribution in [0.4, 0.5) is 17.2 Å². The third-order valence-electron chi connectivity index (χ3n) is 5.96. The number of benzene rings is 2. The van der Waals surface area contributed by atoms with Crippen molar-refractivity contribution in [3.05, 3.63) is 89.9 Å². The molecule has 34 heavy (non-hydrogen) atoms. The largest absolute Gasteiger partial charge is 0.339 e. The predicted octanol–water partition coefficient (Wildman–Crippen LogP) is 4.92. The minimum Gasteiger partial charge on any atom is -0.339 e. The SMILES string of the molecule is Cc1nn(-c2ccc(Nc3ccc(NC(=O)Cn4ccc5ccccc54)cc3)nn2)c(C)c1C. The number of aryl methyl sites for hydroxylation is 1. The number of carbonyl (C=O) groups excluding carboxylic acids is 1. The first-order valence-electron chi connectivity index (χ1n) is 11.1. The maximum atomic E-state index is 12.5. The Kier molecular flexibility index (Phi) is 5.55. The highest BCUT2D eigenvalue weighted by molar-refractivity contribution is 5.92. The minimum atomic E-state index is -0.0806. The molecule has 2 aromatic carbocycles. The number of hydrogen-bond acceptors (Lipinski definition) is 5. The highest BCUT2D eigenvalue weighted by Gasteiger charge is 2.11. The average molecular weight is 452 g/mol. The van der Waals surface area contributed by atoms with Gasteiger partial charge in [-0.25, -0.2) is 4.68 Å². The number of carbonyl (C=O) groups is 1. The highest BCUT2D eigenvalue weighted by atomic mass is 16.1. The number of fused-ring (bicyclic) bond motifs is 1. The minimum absolute atomic E-state index is 0.0806. The van der Waals surface area contributed by atoms with Gasteiger partial charge in [0.25, 0.3) is 0 Å². The number of rotatable bonds is 6. The van der Waals surface area contributed by atoms with Crippen LogP contribution in [0.3, 0.4) is 0 Å². The molecule has 1 amide bonds. The number of nitrogens with one attached hydrogen (secondary N) is 2. The van der Waals surface area contributed by atoms with E-state index < -0.39 is 0 Å². The zero-order valence-corrected chi connectivity index (χ0v) is 19.3. The summed E-state index contributed by atoms with van der Waals surface area (Å²) >= 11 is 0. The molecular weight excluding hydrogens is 426 g/mol. The third kappa shape index (κ3) is 4.25. The first-order chi connectivity index (χ1) is 16.5. The van der Waals surface area contributed by atoms with Gasteiger partial charge in [-0.2, -0.15) is 5.10 Å². The molecule has 0 radical (unpaired) electrons. The van der Waals surface area contributed by atoms with Crippen molar-refractivity contribution in [3.63, 3.8) is 0 Å². The van der Waals surface area contributed by atoms with Gasteiger partial charge in [0, 0.05) is 28.8 Å². The van der Waals surface area contributed by atoms with Crippen molar-refractivity contribution in [1.29, 1.82) is 0 Å². The summed E-state index contributed by atoms with van der Waals surface area (Å²) < 4.78 is 3.74. The fourth-order valence-corrected chi connectivity index (χ4v) is 3.87. The molecule has 3 aromatic heterocycles. The number of nitrogens with zero attached hydrogens (tertiary/aromatic N) is 5. The molecule has 3 heterocycles. The molecule has 5 rings (SSSR count). The summed E-state index contributed by atoms with van der Waals surface area (Å²) in [6.07, 6.45) is 1.93. The Balaban J connectivity index is 1.21. The van der Waals surface area contributed by atoms with Crippen LogP contribution >= 0.6 is 0 Å². The van der Waals surface area contributed by atoms with E-state index in [1.165, 1.54) is 0 Å². The molecule has 5 aromatic rings. The number of aromatic nitrogens is 5. The summed E-state index contributed by atoms with van der Waals surface area (Å²) in [7, 11) is 0. The molecule has 0 aliphatic rings. The number of hydrogen-bond donors (Lipinski definition) is 2. The zero-order valence-electron chi connectivity index (χ0n) is 19.3. The first kappa shape index (κ1) is 21.4. The van der Waals surface area contributed by atoms with Crippen LogP contribution in [0.1, 0.15) is 17.0 Å². The number of para-hydroxylation sites is 1. The lowest BCUT2D eigenvalue weighted by atomic mass is 10.2. The first-order valence-corrected chi connectivity index (χ1v) is 11.1. The zero-order chi connectivity index (χ0) is 23.7. The second-order valence-corrected chi connectivity index (χ2v) is 8.24. The van der Waals surface area contributed by atoms with Crippen molar-refractivity contribution in [2.45, 2.75) is 27.3 Å². The highest BCUT2D eigenvalue weighted by Crippen LogP contribution is 2.20. The van der Waals surface area contributed by atoms with Crippen LogP contribution in [0.5, 0.6) is 0 Å². The molecule has 0 saturated heterocycles. The summed E-state index contributed by atoms with van der Waals surface area (Å²) in [5.74, 6) is 1.22. The van der Waals surface area contributed by atoms with Crippen molar-refractivity contribution in [3.8, 4) is 5.82 Å². The molecule has 2 N–H and O–H groups in total. The molecular formula is C26H25N7O. The standard InChI is InChI=1S/C26H25N7O/c1-17-18(2)31-33(19(17)3)25-13-12-24(29-30-25)27-21-8-10-22(11-9-21)28-26(34)16-32-15-14-20-6-4-5-7-23(20)32/h4-15H,16H2,1-3H3,(H,27,29)(H,28,34). The van der Waals surface area contributed by atoms with Crippen LogP contribution in [-0.2, 0) is 11.3 Å². The van der Waals surface area contributed by atoms with E-state index >= 15 is 0 Å². The fourth-order valence-electron chi connectivity index (χ4n) is 3.87. The van der Waals surface area contributed by atoms with Gasteiger partial charge in [-0.05, 0) is 80.3 Å². The van der Waals surface area contributed by atoms with Crippen molar-refractivity contribution in [1.82, 2.24) is 24.5 Å². The van der Waals surface area contributed by atoms with Crippen LogP contribution in [0, 0.1) is 20.8 Å². The van der Waals surface area contributed by atoms with Gasteiger partial charge in [-0.1, -0.05) is 18.2 Å². The van der Waals surface area contributed by atoms with Crippen molar-refractivity contribution in [2.75, 3.05) is 10.6 Å². The van der Waals surface area contributed by atoms with Crippen molar-refractivity contribution < 1.29 is 4.79 Å². The lowest BCUT2D eigenvalue weighted by molar-refractivity contribution is -0.116. The van der Waals surface area contributed by atoms with E-state index in [-0.39, 0.29) is 12.5 Å². The summed E-state index contributed by atoms with van der Waals surface area (Å²) in [6.45, 7) is 6.30. The normalized spacial score (nSPS) is 11.0. The lowest BCUT2D eigenvalue weighted by Crippen LogP contribution is -2.18. The Bertz CT molecular complexity index is 1460. The smallest absolute Gasteiger partial charge is 0.244 e. The lowest BCUT2D eigenvalue weighted by Gasteiger charge is -2.10. The Hall–Kier alpha value is -4.46. The Labute approximate surface area is 197 Å². The van der Waals surface area contributed by atoms with Gasteiger partial charge in [-0.3, -0.25) is 4.79 Å².